The maximum absolute atomic E-state index is 5.06. The minimum atomic E-state index is 0.826. The van der Waals surface area contributed by atoms with Gasteiger partial charge in [-0.25, -0.2) is 0 Å². The summed E-state index contributed by atoms with van der Waals surface area (Å²) in [7, 11) is 0. The fraction of sp³-hybridized carbons (Fsp3) is 0.286. The van der Waals surface area contributed by atoms with Gasteiger partial charge in [0.1, 0.15) is 0 Å². The summed E-state index contributed by atoms with van der Waals surface area (Å²) < 4.78 is 0. The summed E-state index contributed by atoms with van der Waals surface area (Å²) >= 11 is 0. The molecule has 0 fully saturated rings. The molecule has 1 aromatic heterocycles. The second-order valence-corrected chi connectivity index (χ2v) is 1.39. The molecule has 3 nitrogen and oxygen atoms in total. The molecule has 0 unspecified atom stereocenters. The molecule has 1 rings (SSSR count). The van der Waals surface area contributed by atoms with E-state index in [0.29, 0.717) is 0 Å². The van der Waals surface area contributed by atoms with Crippen molar-refractivity contribution in [2.75, 3.05) is 5.43 Å². The van der Waals surface area contributed by atoms with Gasteiger partial charge in [0.05, 0.1) is 11.9 Å². The van der Waals surface area contributed by atoms with E-state index >= 15 is 0 Å². The van der Waals surface area contributed by atoms with Gasteiger partial charge in [-0.3, -0.25) is 10.8 Å². The Balaban J connectivity index is 0.000000371. The summed E-state index contributed by atoms with van der Waals surface area (Å²) in [5, 5.41) is 0. The Morgan fingerprint density at radius 1 is 1.50 bits per heavy atom. The van der Waals surface area contributed by atoms with Crippen LogP contribution in [-0.2, 0) is 0 Å². The quantitative estimate of drug-likeness (QED) is 0.456. The van der Waals surface area contributed by atoms with Crippen molar-refractivity contribution < 1.29 is 0 Å². The number of hydrazine groups is 1. The predicted octanol–water partition coefficient (Wildman–Crippen LogP) is 1.39. The highest BCUT2D eigenvalue weighted by Gasteiger charge is 1.79. The summed E-state index contributed by atoms with van der Waals surface area (Å²) in [4.78, 5) is 3.81. The molecule has 0 saturated carbocycles. The third-order valence-electron chi connectivity index (χ3n) is 0.828. The monoisotopic (exact) mass is 139 g/mol. The van der Waals surface area contributed by atoms with E-state index in [1.54, 1.807) is 12.4 Å². The maximum atomic E-state index is 5.06. The average Bonchev–Trinajstić information content (AvgIpc) is 2.10. The van der Waals surface area contributed by atoms with Crippen LogP contribution >= 0.6 is 0 Å². The highest BCUT2D eigenvalue weighted by Crippen LogP contribution is 1.97. The first-order valence-corrected chi connectivity index (χ1v) is 3.30. The largest absolute Gasteiger partial charge is 0.323 e. The van der Waals surface area contributed by atoms with Crippen molar-refractivity contribution in [3.8, 4) is 0 Å². The Hall–Kier alpha value is -1.09. The summed E-state index contributed by atoms with van der Waals surface area (Å²) in [6.45, 7) is 4.00. The van der Waals surface area contributed by atoms with Crippen LogP contribution < -0.4 is 11.3 Å². The summed E-state index contributed by atoms with van der Waals surface area (Å²) in [5.74, 6) is 5.06. The maximum Gasteiger partial charge on any atom is 0.0668 e. The molecule has 0 amide bonds. The van der Waals surface area contributed by atoms with Crippen molar-refractivity contribution in [3.63, 3.8) is 0 Å². The van der Waals surface area contributed by atoms with Gasteiger partial charge in [-0.05, 0) is 12.1 Å². The highest BCUT2D eigenvalue weighted by atomic mass is 15.2. The number of rotatable bonds is 1. The lowest BCUT2D eigenvalue weighted by molar-refractivity contribution is 1.27. The van der Waals surface area contributed by atoms with Crippen molar-refractivity contribution >= 4 is 5.69 Å². The van der Waals surface area contributed by atoms with Gasteiger partial charge in [-0.2, -0.15) is 0 Å². The number of pyridine rings is 1. The molecule has 1 aromatic rings. The van der Waals surface area contributed by atoms with Gasteiger partial charge in [0.2, 0.25) is 0 Å². The van der Waals surface area contributed by atoms with Crippen LogP contribution in [0.1, 0.15) is 13.8 Å². The number of anilines is 1. The molecule has 0 saturated heterocycles. The van der Waals surface area contributed by atoms with E-state index in [0.717, 1.165) is 5.69 Å². The topological polar surface area (TPSA) is 50.9 Å². The van der Waals surface area contributed by atoms with Crippen LogP contribution in [0.5, 0.6) is 0 Å². The molecule has 0 aliphatic rings. The van der Waals surface area contributed by atoms with Gasteiger partial charge in [0.25, 0.3) is 0 Å². The van der Waals surface area contributed by atoms with Crippen molar-refractivity contribution in [1.29, 1.82) is 0 Å². The molecule has 0 aromatic carbocycles. The lowest BCUT2D eigenvalue weighted by atomic mass is 10.4. The Labute approximate surface area is 61.2 Å². The number of hydrogen-bond donors (Lipinski definition) is 2. The van der Waals surface area contributed by atoms with Crippen LogP contribution in [0.4, 0.5) is 5.69 Å². The zero-order valence-corrected chi connectivity index (χ0v) is 6.33. The normalized spacial score (nSPS) is 7.50. The van der Waals surface area contributed by atoms with Crippen LogP contribution in [0.2, 0.25) is 0 Å². The summed E-state index contributed by atoms with van der Waals surface area (Å²) in [5.41, 5.74) is 3.29. The second-order valence-electron chi connectivity index (χ2n) is 1.39. The standard InChI is InChI=1S/C5H7N3.C2H6/c6-8-5-2-1-3-7-4-5;1-2/h1-4,8H,6H2;1-2H3. The Bertz CT molecular complexity index is 150. The number of aromatic nitrogens is 1. The molecule has 0 atom stereocenters. The first kappa shape index (κ1) is 8.91. The van der Waals surface area contributed by atoms with Crippen LogP contribution in [0.3, 0.4) is 0 Å². The molecule has 10 heavy (non-hydrogen) atoms. The molecule has 0 radical (unpaired) electrons. The highest BCUT2D eigenvalue weighted by molar-refractivity contribution is 5.37. The molecule has 56 valence electrons. The fourth-order valence-corrected chi connectivity index (χ4v) is 0.448. The Kier molecular flexibility index (Phi) is 5.38. The number of nitrogens with zero attached hydrogens (tertiary/aromatic N) is 1. The fourth-order valence-electron chi connectivity index (χ4n) is 0.448. The first-order valence-electron chi connectivity index (χ1n) is 3.30. The number of nitrogen functional groups attached to an aromatic ring is 1. The van der Waals surface area contributed by atoms with Gasteiger partial charge in [-0.1, -0.05) is 13.8 Å². The second kappa shape index (κ2) is 6.04. The minimum Gasteiger partial charge on any atom is -0.323 e. The van der Waals surface area contributed by atoms with Crippen LogP contribution in [-0.4, -0.2) is 4.98 Å². The van der Waals surface area contributed by atoms with Crippen molar-refractivity contribution in [2.24, 2.45) is 5.84 Å². The van der Waals surface area contributed by atoms with Crippen molar-refractivity contribution in [2.45, 2.75) is 13.8 Å². The first-order chi connectivity index (χ1) is 4.93. The van der Waals surface area contributed by atoms with Gasteiger partial charge in [0.15, 0.2) is 0 Å². The molecule has 0 bridgehead atoms. The van der Waals surface area contributed by atoms with Crippen LogP contribution in [0, 0.1) is 0 Å². The third-order valence-corrected chi connectivity index (χ3v) is 0.828. The zero-order chi connectivity index (χ0) is 7.82. The molecule has 1 heterocycles. The summed E-state index contributed by atoms with van der Waals surface area (Å²) in [6.07, 6.45) is 3.35. The Morgan fingerprint density at radius 2 is 2.20 bits per heavy atom. The lowest BCUT2D eigenvalue weighted by Crippen LogP contribution is -2.06. The molecule has 0 aliphatic heterocycles. The zero-order valence-electron chi connectivity index (χ0n) is 6.33. The lowest BCUT2D eigenvalue weighted by Gasteiger charge is -1.93. The number of hydrogen-bond acceptors (Lipinski definition) is 3. The van der Waals surface area contributed by atoms with E-state index in [2.05, 4.69) is 10.4 Å². The molecule has 3 heteroatoms. The van der Waals surface area contributed by atoms with Crippen molar-refractivity contribution in [3.05, 3.63) is 24.5 Å². The van der Waals surface area contributed by atoms with E-state index in [1.165, 1.54) is 0 Å². The third kappa shape index (κ3) is 3.04. The molecule has 0 spiro atoms. The minimum absolute atomic E-state index is 0.826. The average molecular weight is 139 g/mol. The SMILES string of the molecule is CC.NNc1cccnc1. The van der Waals surface area contributed by atoms with Crippen LogP contribution in [0.25, 0.3) is 0 Å². The van der Waals surface area contributed by atoms with Gasteiger partial charge in [0, 0.05) is 6.20 Å². The number of nitrogens with two attached hydrogens (primary N) is 1. The summed E-state index contributed by atoms with van der Waals surface area (Å²) in [6, 6.07) is 3.65. The van der Waals surface area contributed by atoms with E-state index in [9.17, 15) is 0 Å². The predicted molar refractivity (Wildman–Crippen MR) is 43.4 cm³/mol. The van der Waals surface area contributed by atoms with Crippen molar-refractivity contribution in [1.82, 2.24) is 4.98 Å². The van der Waals surface area contributed by atoms with E-state index in [4.69, 9.17) is 5.84 Å². The molecular formula is C7H13N3. The van der Waals surface area contributed by atoms with Crippen LogP contribution in [0.15, 0.2) is 24.5 Å². The van der Waals surface area contributed by atoms with Gasteiger partial charge >= 0.3 is 0 Å². The van der Waals surface area contributed by atoms with Gasteiger partial charge < -0.3 is 5.43 Å². The van der Waals surface area contributed by atoms with E-state index in [1.807, 2.05) is 26.0 Å². The smallest absolute Gasteiger partial charge is 0.0668 e. The number of nitrogens with one attached hydrogen (secondary N) is 1. The molecule has 3 N–H and O–H groups in total. The Morgan fingerprint density at radius 3 is 2.50 bits per heavy atom. The van der Waals surface area contributed by atoms with E-state index < -0.39 is 0 Å². The van der Waals surface area contributed by atoms with E-state index in [-0.39, 0.29) is 0 Å². The molecule has 0 aliphatic carbocycles. The van der Waals surface area contributed by atoms with Gasteiger partial charge in [-0.15, -0.1) is 0 Å². The molecular weight excluding hydrogens is 126 g/mol.